The van der Waals surface area contributed by atoms with Crippen molar-refractivity contribution in [3.05, 3.63) is 59.7 Å². The minimum absolute atomic E-state index is 0.445. The Hall–Kier alpha value is -1.80. The highest BCUT2D eigenvalue weighted by Gasteiger charge is 2.24. The van der Waals surface area contributed by atoms with Crippen LogP contribution in [0.1, 0.15) is 42.9 Å². The van der Waals surface area contributed by atoms with Gasteiger partial charge >= 0.3 is 0 Å². The Labute approximate surface area is 120 Å². The highest BCUT2D eigenvalue weighted by atomic mass is 16.5. The Bertz CT molecular complexity index is 579. The number of benzene rings is 2. The van der Waals surface area contributed by atoms with Gasteiger partial charge in [0.25, 0.3) is 0 Å². The van der Waals surface area contributed by atoms with Crippen LogP contribution in [0.25, 0.3) is 0 Å². The molecule has 0 heterocycles. The summed E-state index contributed by atoms with van der Waals surface area (Å²) in [7, 11) is 2.04. The minimum atomic E-state index is 0.445. The molecule has 2 nitrogen and oxygen atoms in total. The summed E-state index contributed by atoms with van der Waals surface area (Å²) in [5.74, 6) is 2.45. The number of rotatable bonds is 3. The highest BCUT2D eigenvalue weighted by molar-refractivity contribution is 5.42. The Kier molecular flexibility index (Phi) is 3.75. The van der Waals surface area contributed by atoms with Gasteiger partial charge in [-0.3, -0.25) is 0 Å². The standard InChI is InChI=1S/C18H21NO/c1-13-8-11-18(19-2)17-12-15(9-10-16(13)17)20-14-6-4-3-5-7-14/h3-7,9-10,12-13,18-19H,8,11H2,1-2H3. The zero-order chi connectivity index (χ0) is 13.9. The van der Waals surface area contributed by atoms with Gasteiger partial charge in [-0.1, -0.05) is 31.2 Å². The van der Waals surface area contributed by atoms with Gasteiger partial charge in [0.1, 0.15) is 11.5 Å². The van der Waals surface area contributed by atoms with E-state index in [0.29, 0.717) is 12.0 Å². The number of nitrogens with one attached hydrogen (secondary N) is 1. The molecule has 2 atom stereocenters. The molecule has 0 spiro atoms. The lowest BCUT2D eigenvalue weighted by atomic mass is 9.81. The first-order valence-corrected chi connectivity index (χ1v) is 7.32. The maximum Gasteiger partial charge on any atom is 0.127 e. The summed E-state index contributed by atoms with van der Waals surface area (Å²) in [5.41, 5.74) is 2.84. The first-order chi connectivity index (χ1) is 9.78. The molecule has 104 valence electrons. The largest absolute Gasteiger partial charge is 0.457 e. The van der Waals surface area contributed by atoms with Crippen LogP contribution in [-0.2, 0) is 0 Å². The fraction of sp³-hybridized carbons (Fsp3) is 0.333. The van der Waals surface area contributed by atoms with Crippen molar-refractivity contribution in [2.75, 3.05) is 7.05 Å². The molecule has 0 bridgehead atoms. The van der Waals surface area contributed by atoms with Gasteiger partial charge in [0.15, 0.2) is 0 Å². The van der Waals surface area contributed by atoms with Gasteiger partial charge in [0, 0.05) is 6.04 Å². The summed E-state index contributed by atoms with van der Waals surface area (Å²) >= 11 is 0. The average molecular weight is 267 g/mol. The van der Waals surface area contributed by atoms with E-state index in [1.54, 1.807) is 0 Å². The van der Waals surface area contributed by atoms with Crippen LogP contribution < -0.4 is 10.1 Å². The molecule has 3 rings (SSSR count). The number of para-hydroxylation sites is 1. The van der Waals surface area contributed by atoms with E-state index in [1.165, 1.54) is 24.0 Å². The van der Waals surface area contributed by atoms with Crippen LogP contribution in [-0.4, -0.2) is 7.05 Å². The molecule has 1 aliphatic rings. The predicted molar refractivity (Wildman–Crippen MR) is 82.4 cm³/mol. The Morgan fingerprint density at radius 1 is 0.950 bits per heavy atom. The molecule has 1 aliphatic carbocycles. The quantitative estimate of drug-likeness (QED) is 0.875. The van der Waals surface area contributed by atoms with E-state index >= 15 is 0 Å². The van der Waals surface area contributed by atoms with Crippen LogP contribution in [0.5, 0.6) is 11.5 Å². The monoisotopic (exact) mass is 267 g/mol. The third-order valence-electron chi connectivity index (χ3n) is 4.18. The van der Waals surface area contributed by atoms with Crippen molar-refractivity contribution in [2.45, 2.75) is 31.7 Å². The fourth-order valence-corrected chi connectivity index (χ4v) is 3.02. The van der Waals surface area contributed by atoms with Gasteiger partial charge in [-0.05, 0) is 61.2 Å². The van der Waals surface area contributed by atoms with E-state index in [9.17, 15) is 0 Å². The SMILES string of the molecule is CNC1CCC(C)c2ccc(Oc3ccccc3)cc21. The van der Waals surface area contributed by atoms with Crippen LogP contribution in [0.2, 0.25) is 0 Å². The molecule has 2 aromatic carbocycles. The average Bonchev–Trinajstić information content (AvgIpc) is 2.49. The molecular weight excluding hydrogens is 246 g/mol. The van der Waals surface area contributed by atoms with Crippen molar-refractivity contribution in [2.24, 2.45) is 0 Å². The maximum absolute atomic E-state index is 5.94. The van der Waals surface area contributed by atoms with Crippen LogP contribution in [0, 0.1) is 0 Å². The van der Waals surface area contributed by atoms with Gasteiger partial charge in [-0.25, -0.2) is 0 Å². The Morgan fingerprint density at radius 3 is 2.50 bits per heavy atom. The summed E-state index contributed by atoms with van der Waals surface area (Å²) in [6.45, 7) is 2.31. The summed E-state index contributed by atoms with van der Waals surface area (Å²) in [5, 5.41) is 3.42. The van der Waals surface area contributed by atoms with Crippen molar-refractivity contribution in [3.63, 3.8) is 0 Å². The summed E-state index contributed by atoms with van der Waals surface area (Å²) in [6, 6.07) is 16.9. The van der Waals surface area contributed by atoms with Crippen LogP contribution in [0.15, 0.2) is 48.5 Å². The number of hydrogen-bond acceptors (Lipinski definition) is 2. The van der Waals surface area contributed by atoms with Gasteiger partial charge in [0.2, 0.25) is 0 Å². The summed E-state index contributed by atoms with van der Waals surface area (Å²) in [6.07, 6.45) is 2.44. The summed E-state index contributed by atoms with van der Waals surface area (Å²) in [4.78, 5) is 0. The molecule has 0 radical (unpaired) electrons. The molecule has 20 heavy (non-hydrogen) atoms. The maximum atomic E-state index is 5.94. The van der Waals surface area contributed by atoms with Crippen LogP contribution in [0.3, 0.4) is 0 Å². The van der Waals surface area contributed by atoms with E-state index in [4.69, 9.17) is 4.74 Å². The van der Waals surface area contributed by atoms with E-state index in [0.717, 1.165) is 11.5 Å². The molecule has 0 aliphatic heterocycles. The molecule has 0 saturated heterocycles. The molecule has 0 saturated carbocycles. The van der Waals surface area contributed by atoms with Crippen molar-refractivity contribution < 1.29 is 4.74 Å². The predicted octanol–water partition coefficient (Wildman–Crippen LogP) is 4.64. The van der Waals surface area contributed by atoms with E-state index < -0.39 is 0 Å². The van der Waals surface area contributed by atoms with Gasteiger partial charge in [0.05, 0.1) is 0 Å². The second kappa shape index (κ2) is 5.68. The van der Waals surface area contributed by atoms with Gasteiger partial charge in [-0.15, -0.1) is 0 Å². The van der Waals surface area contributed by atoms with Gasteiger partial charge in [-0.2, -0.15) is 0 Å². The first kappa shape index (κ1) is 13.2. The molecular formula is C18H21NO. The molecule has 2 heteroatoms. The molecule has 0 aromatic heterocycles. The van der Waals surface area contributed by atoms with Crippen LogP contribution in [0.4, 0.5) is 0 Å². The Balaban J connectivity index is 1.91. The smallest absolute Gasteiger partial charge is 0.127 e. The van der Waals surface area contributed by atoms with E-state index in [1.807, 2.05) is 37.4 Å². The fourth-order valence-electron chi connectivity index (χ4n) is 3.02. The second-order valence-electron chi connectivity index (χ2n) is 5.53. The molecule has 2 unspecified atom stereocenters. The van der Waals surface area contributed by atoms with Crippen LogP contribution >= 0.6 is 0 Å². The zero-order valence-corrected chi connectivity index (χ0v) is 12.1. The molecule has 2 aromatic rings. The topological polar surface area (TPSA) is 21.3 Å². The van der Waals surface area contributed by atoms with Gasteiger partial charge < -0.3 is 10.1 Å². The lowest BCUT2D eigenvalue weighted by molar-refractivity contribution is 0.448. The number of hydrogen-bond donors (Lipinski definition) is 1. The Morgan fingerprint density at radius 2 is 1.75 bits per heavy atom. The zero-order valence-electron chi connectivity index (χ0n) is 12.1. The highest BCUT2D eigenvalue weighted by Crippen LogP contribution is 2.39. The minimum Gasteiger partial charge on any atom is -0.457 e. The van der Waals surface area contributed by atoms with Crippen molar-refractivity contribution in [3.8, 4) is 11.5 Å². The lowest BCUT2D eigenvalue weighted by Crippen LogP contribution is -2.22. The third-order valence-corrected chi connectivity index (χ3v) is 4.18. The molecule has 0 fully saturated rings. The second-order valence-corrected chi connectivity index (χ2v) is 5.53. The number of ether oxygens (including phenoxy) is 1. The lowest BCUT2D eigenvalue weighted by Gasteiger charge is -2.30. The molecule has 1 N–H and O–H groups in total. The summed E-state index contributed by atoms with van der Waals surface area (Å²) < 4.78 is 5.94. The third kappa shape index (κ3) is 2.56. The van der Waals surface area contributed by atoms with E-state index in [-0.39, 0.29) is 0 Å². The normalized spacial score (nSPS) is 21.3. The van der Waals surface area contributed by atoms with Crippen molar-refractivity contribution in [1.29, 1.82) is 0 Å². The van der Waals surface area contributed by atoms with E-state index in [2.05, 4.69) is 30.4 Å². The molecule has 0 amide bonds. The number of fused-ring (bicyclic) bond motifs is 1. The van der Waals surface area contributed by atoms with Crippen molar-refractivity contribution >= 4 is 0 Å². The first-order valence-electron chi connectivity index (χ1n) is 7.32. The van der Waals surface area contributed by atoms with Crippen molar-refractivity contribution in [1.82, 2.24) is 5.32 Å².